The minimum Gasteiger partial charge on any atom is -0.340 e. The number of aromatic amines is 1. The molecule has 0 radical (unpaired) electrons. The van der Waals surface area contributed by atoms with Crippen LogP contribution in [0.15, 0.2) is 41.3 Å². The second-order valence-electron chi connectivity index (χ2n) is 8.33. The van der Waals surface area contributed by atoms with Gasteiger partial charge in [-0.1, -0.05) is 37.3 Å². The predicted octanol–water partition coefficient (Wildman–Crippen LogP) is 4.02. The number of anilines is 1. The summed E-state index contributed by atoms with van der Waals surface area (Å²) in [7, 11) is 0. The molecule has 1 N–H and O–H groups in total. The van der Waals surface area contributed by atoms with Crippen LogP contribution in [-0.2, 0) is 0 Å². The summed E-state index contributed by atoms with van der Waals surface area (Å²) in [4.78, 5) is 28.9. The summed E-state index contributed by atoms with van der Waals surface area (Å²) in [5, 5.41) is 3.81. The first-order valence-corrected chi connectivity index (χ1v) is 11.1. The third-order valence-electron chi connectivity index (χ3n) is 5.60. The van der Waals surface area contributed by atoms with Crippen molar-refractivity contribution < 1.29 is 0 Å². The lowest BCUT2D eigenvalue weighted by atomic mass is 9.92. The highest BCUT2D eigenvalue weighted by Gasteiger charge is 2.24. The maximum atomic E-state index is 12.6. The molecule has 154 valence electrons. The van der Waals surface area contributed by atoms with Gasteiger partial charge in [0.2, 0.25) is 11.1 Å². The van der Waals surface area contributed by atoms with Gasteiger partial charge >= 0.3 is 0 Å². The van der Waals surface area contributed by atoms with Crippen LogP contribution in [0, 0.1) is 18.8 Å². The number of rotatable bonds is 3. The van der Waals surface area contributed by atoms with Crippen molar-refractivity contribution >= 4 is 27.5 Å². The fourth-order valence-electron chi connectivity index (χ4n) is 4.33. The number of piperidine rings is 1. The Bertz CT molecular complexity index is 1230. The molecule has 0 saturated carbocycles. The lowest BCUT2D eigenvalue weighted by Gasteiger charge is -2.35. The number of nitrogens with zero attached hydrogens (tertiary/aromatic N) is 5. The first-order chi connectivity index (χ1) is 14.5. The van der Waals surface area contributed by atoms with Crippen LogP contribution in [0.5, 0.6) is 0 Å². The maximum Gasteiger partial charge on any atom is 0.273 e. The van der Waals surface area contributed by atoms with Gasteiger partial charge in [-0.15, -0.1) is 0 Å². The van der Waals surface area contributed by atoms with E-state index in [9.17, 15) is 4.79 Å². The molecule has 1 aliphatic rings. The molecule has 30 heavy (non-hydrogen) atoms. The molecule has 4 aromatic rings. The molecule has 2 unspecified atom stereocenters. The molecule has 1 fully saturated rings. The number of aromatic nitrogens is 5. The lowest BCUT2D eigenvalue weighted by molar-refractivity contribution is 0.353. The first-order valence-electron chi connectivity index (χ1n) is 10.2. The SMILES string of the molecule is Cc1nc(N2CC(C)CC(C)C2)ncc1-c1cc(=O)n(-c2nc3ccccc3s2)[nH]1. The first kappa shape index (κ1) is 19.0. The van der Waals surface area contributed by atoms with Crippen LogP contribution in [0.2, 0.25) is 0 Å². The van der Waals surface area contributed by atoms with E-state index in [1.54, 1.807) is 6.07 Å². The zero-order valence-electron chi connectivity index (χ0n) is 17.3. The van der Waals surface area contributed by atoms with Crippen LogP contribution in [0.25, 0.3) is 26.6 Å². The van der Waals surface area contributed by atoms with Crippen molar-refractivity contribution in [1.29, 1.82) is 0 Å². The van der Waals surface area contributed by atoms with Crippen molar-refractivity contribution in [3.05, 3.63) is 52.6 Å². The highest BCUT2D eigenvalue weighted by Crippen LogP contribution is 2.27. The van der Waals surface area contributed by atoms with Gasteiger partial charge < -0.3 is 4.90 Å². The van der Waals surface area contributed by atoms with Gasteiger partial charge in [0.25, 0.3) is 5.56 Å². The van der Waals surface area contributed by atoms with Crippen molar-refractivity contribution in [2.24, 2.45) is 11.8 Å². The number of aryl methyl sites for hydroxylation is 1. The summed E-state index contributed by atoms with van der Waals surface area (Å²) in [6, 6.07) is 9.45. The average molecular weight is 421 g/mol. The fraction of sp³-hybridized carbons (Fsp3) is 0.364. The number of H-pyrrole nitrogens is 1. The molecule has 1 aromatic carbocycles. The second-order valence-corrected chi connectivity index (χ2v) is 9.34. The molecular formula is C22H24N6OS. The monoisotopic (exact) mass is 420 g/mol. The number of hydrogen-bond donors (Lipinski definition) is 1. The third-order valence-corrected chi connectivity index (χ3v) is 6.62. The molecule has 0 spiro atoms. The molecule has 0 amide bonds. The number of thiazole rings is 1. The van der Waals surface area contributed by atoms with E-state index in [0.717, 1.165) is 40.5 Å². The number of nitrogens with one attached hydrogen (secondary N) is 1. The highest BCUT2D eigenvalue weighted by molar-refractivity contribution is 7.20. The van der Waals surface area contributed by atoms with E-state index in [1.165, 1.54) is 22.4 Å². The Balaban J connectivity index is 1.47. The summed E-state index contributed by atoms with van der Waals surface area (Å²) < 4.78 is 2.53. The Hall–Kier alpha value is -3.00. The molecule has 8 heteroatoms. The van der Waals surface area contributed by atoms with E-state index in [-0.39, 0.29) is 5.56 Å². The zero-order chi connectivity index (χ0) is 20.8. The van der Waals surface area contributed by atoms with E-state index in [2.05, 4.69) is 33.8 Å². The summed E-state index contributed by atoms with van der Waals surface area (Å²) in [6.45, 7) is 8.48. The van der Waals surface area contributed by atoms with Crippen LogP contribution < -0.4 is 10.5 Å². The van der Waals surface area contributed by atoms with Crippen LogP contribution in [-0.4, -0.2) is 37.8 Å². The third kappa shape index (κ3) is 3.41. The van der Waals surface area contributed by atoms with E-state index in [0.29, 0.717) is 22.7 Å². The van der Waals surface area contributed by atoms with Crippen molar-refractivity contribution in [3.8, 4) is 16.4 Å². The van der Waals surface area contributed by atoms with Crippen molar-refractivity contribution in [1.82, 2.24) is 24.7 Å². The standard InChI is InChI=1S/C22H24N6OS/c1-13-8-14(2)12-27(11-13)21-23-10-16(15(3)24-21)18-9-20(29)28(26-18)22-25-17-6-4-5-7-19(17)30-22/h4-7,9-10,13-14,26H,8,11-12H2,1-3H3. The molecule has 1 aliphatic heterocycles. The molecule has 4 heterocycles. The van der Waals surface area contributed by atoms with Crippen molar-refractivity contribution in [2.45, 2.75) is 27.2 Å². The predicted molar refractivity (Wildman–Crippen MR) is 120 cm³/mol. The molecule has 2 atom stereocenters. The Morgan fingerprint density at radius 3 is 2.63 bits per heavy atom. The molecule has 0 aliphatic carbocycles. The van der Waals surface area contributed by atoms with Gasteiger partial charge in [-0.3, -0.25) is 9.89 Å². The Labute approximate surface area is 178 Å². The van der Waals surface area contributed by atoms with E-state index in [4.69, 9.17) is 4.98 Å². The molecule has 3 aromatic heterocycles. The normalized spacial score (nSPS) is 19.5. The van der Waals surface area contributed by atoms with Gasteiger partial charge in [0.1, 0.15) is 0 Å². The van der Waals surface area contributed by atoms with Crippen molar-refractivity contribution in [3.63, 3.8) is 0 Å². The van der Waals surface area contributed by atoms with Gasteiger partial charge in [0.15, 0.2) is 0 Å². The molecule has 7 nitrogen and oxygen atoms in total. The zero-order valence-corrected chi connectivity index (χ0v) is 18.1. The number of fused-ring (bicyclic) bond motifs is 1. The van der Waals surface area contributed by atoms with Gasteiger partial charge in [-0.2, -0.15) is 4.68 Å². The van der Waals surface area contributed by atoms with Gasteiger partial charge in [0.05, 0.1) is 21.6 Å². The van der Waals surface area contributed by atoms with Gasteiger partial charge in [-0.25, -0.2) is 15.0 Å². The van der Waals surface area contributed by atoms with Crippen LogP contribution >= 0.6 is 11.3 Å². The number of para-hydroxylation sites is 1. The quantitative estimate of drug-likeness (QED) is 0.541. The summed E-state index contributed by atoms with van der Waals surface area (Å²) >= 11 is 1.48. The Morgan fingerprint density at radius 1 is 1.13 bits per heavy atom. The Kier molecular flexibility index (Phi) is 4.66. The minimum absolute atomic E-state index is 0.147. The molecule has 1 saturated heterocycles. The van der Waals surface area contributed by atoms with Gasteiger partial charge in [-0.05, 0) is 37.3 Å². The summed E-state index contributed by atoms with van der Waals surface area (Å²) in [6.07, 6.45) is 3.06. The minimum atomic E-state index is -0.147. The fourth-order valence-corrected chi connectivity index (χ4v) is 5.26. The van der Waals surface area contributed by atoms with Crippen molar-refractivity contribution in [2.75, 3.05) is 18.0 Å². The molecule has 5 rings (SSSR count). The molecule has 0 bridgehead atoms. The summed E-state index contributed by atoms with van der Waals surface area (Å²) in [5.74, 6) is 2.04. The van der Waals surface area contributed by atoms with Crippen LogP contribution in [0.1, 0.15) is 26.0 Å². The number of hydrogen-bond acceptors (Lipinski definition) is 6. The largest absolute Gasteiger partial charge is 0.340 e. The summed E-state index contributed by atoms with van der Waals surface area (Å²) in [5.41, 5.74) is 3.11. The smallest absolute Gasteiger partial charge is 0.273 e. The second kappa shape index (κ2) is 7.36. The average Bonchev–Trinajstić information content (AvgIpc) is 3.30. The van der Waals surface area contributed by atoms with Crippen LogP contribution in [0.4, 0.5) is 5.95 Å². The highest BCUT2D eigenvalue weighted by atomic mass is 32.1. The Morgan fingerprint density at radius 2 is 1.90 bits per heavy atom. The number of benzene rings is 1. The van der Waals surface area contributed by atoms with Crippen LogP contribution in [0.3, 0.4) is 0 Å². The van der Waals surface area contributed by atoms with E-state index in [1.807, 2.05) is 37.4 Å². The lowest BCUT2D eigenvalue weighted by Crippen LogP contribution is -2.39. The molecular weight excluding hydrogens is 396 g/mol. The maximum absolute atomic E-state index is 12.6. The topological polar surface area (TPSA) is 79.7 Å². The van der Waals surface area contributed by atoms with E-state index >= 15 is 0 Å². The van der Waals surface area contributed by atoms with Gasteiger partial charge in [0, 0.05) is 30.9 Å². The van der Waals surface area contributed by atoms with E-state index < -0.39 is 0 Å².